The van der Waals surface area contributed by atoms with Gasteiger partial charge < -0.3 is 22.7 Å². The van der Waals surface area contributed by atoms with Gasteiger partial charge in [0.1, 0.15) is 28.5 Å². The molecule has 0 aliphatic carbocycles. The first-order valence-electron chi connectivity index (χ1n) is 9.65. The normalized spacial score (nSPS) is 12.1. The molecule has 0 spiro atoms. The van der Waals surface area contributed by atoms with Crippen molar-refractivity contribution in [3.63, 3.8) is 0 Å². The highest BCUT2D eigenvalue weighted by Gasteiger charge is 2.47. The molecule has 0 saturated carbocycles. The van der Waals surface area contributed by atoms with Gasteiger partial charge in [-0.15, -0.1) is 0 Å². The molecular weight excluding hydrogens is 437 g/mol. The summed E-state index contributed by atoms with van der Waals surface area (Å²) >= 11 is 0. The van der Waals surface area contributed by atoms with Gasteiger partial charge in [-0.2, -0.15) is 0 Å². The summed E-state index contributed by atoms with van der Waals surface area (Å²) in [4.78, 5) is 0. The van der Waals surface area contributed by atoms with Crippen molar-refractivity contribution < 1.29 is 17.0 Å². The smallest absolute Gasteiger partial charge is 0.144 e. The largest absolute Gasteiger partial charge is 1.00 e. The quantitative estimate of drug-likeness (QED) is 0.445. The summed E-state index contributed by atoms with van der Waals surface area (Å²) in [7, 11) is -2.00. The molecule has 4 aromatic carbocycles. The van der Waals surface area contributed by atoms with Crippen molar-refractivity contribution in [2.24, 2.45) is 5.73 Å². The third kappa shape index (κ3) is 4.07. The summed E-state index contributed by atoms with van der Waals surface area (Å²) < 4.78 is 0. The third-order valence-electron chi connectivity index (χ3n) is 5.24. The minimum Gasteiger partial charge on any atom is -1.00 e. The predicted octanol–water partition coefficient (Wildman–Crippen LogP) is 1.33. The Morgan fingerprint density at radius 1 is 0.517 bits per heavy atom. The van der Waals surface area contributed by atoms with Gasteiger partial charge in [0.2, 0.25) is 0 Å². The maximum absolute atomic E-state index is 6.12. The maximum atomic E-state index is 6.12. The fourth-order valence-corrected chi connectivity index (χ4v) is 8.09. The van der Waals surface area contributed by atoms with Gasteiger partial charge in [-0.1, -0.05) is 66.7 Å². The molecule has 0 heterocycles. The third-order valence-corrected chi connectivity index (χ3v) is 9.53. The zero-order valence-electron chi connectivity index (χ0n) is 16.4. The van der Waals surface area contributed by atoms with E-state index in [2.05, 4.69) is 115 Å². The molecule has 0 fully saturated rings. The first kappa shape index (κ1) is 21.5. The second-order valence-corrected chi connectivity index (χ2v) is 10.5. The highest BCUT2D eigenvalue weighted by atomic mass is 79.9. The van der Waals surface area contributed by atoms with Crippen LogP contribution in [0, 0.1) is 0 Å². The number of rotatable bonds is 5. The fraction of sp³-hybridized carbons (Fsp3) is 0.0769. The highest BCUT2D eigenvalue weighted by Crippen LogP contribution is 2.54. The van der Waals surface area contributed by atoms with E-state index in [0.717, 1.165) is 5.56 Å². The molecule has 0 amide bonds. The predicted molar refractivity (Wildman–Crippen MR) is 124 cm³/mol. The average molecular weight is 462 g/mol. The lowest BCUT2D eigenvalue weighted by molar-refractivity contribution is -0.00000556. The van der Waals surface area contributed by atoms with Gasteiger partial charge in [-0.05, 0) is 61.0 Å². The second-order valence-electron chi connectivity index (χ2n) is 7.06. The van der Waals surface area contributed by atoms with Crippen LogP contribution in [0.1, 0.15) is 18.5 Å². The van der Waals surface area contributed by atoms with Crippen molar-refractivity contribution in [3.8, 4) is 0 Å². The summed E-state index contributed by atoms with van der Waals surface area (Å²) in [5, 5.41) is 5.43. The Morgan fingerprint density at radius 2 is 0.828 bits per heavy atom. The molecule has 0 saturated heterocycles. The van der Waals surface area contributed by atoms with Crippen molar-refractivity contribution in [3.05, 3.63) is 121 Å². The molecule has 29 heavy (non-hydrogen) atoms. The van der Waals surface area contributed by atoms with Gasteiger partial charge in [0.15, 0.2) is 0 Å². The van der Waals surface area contributed by atoms with Crippen LogP contribution in [-0.4, -0.2) is 0 Å². The van der Waals surface area contributed by atoms with Gasteiger partial charge in [-0.3, -0.25) is 0 Å². The van der Waals surface area contributed by atoms with E-state index in [1.807, 2.05) is 6.92 Å². The molecule has 4 rings (SSSR count). The van der Waals surface area contributed by atoms with Crippen LogP contribution < -0.4 is 43.9 Å². The molecule has 1 atom stereocenters. The molecule has 2 N–H and O–H groups in total. The van der Waals surface area contributed by atoms with Crippen LogP contribution in [0.3, 0.4) is 0 Å². The van der Waals surface area contributed by atoms with E-state index in [1.54, 1.807) is 0 Å². The summed E-state index contributed by atoms with van der Waals surface area (Å²) in [6, 6.07) is 41.7. The highest BCUT2D eigenvalue weighted by molar-refractivity contribution is 8.01. The second kappa shape index (κ2) is 9.50. The molecule has 3 heteroatoms. The molecule has 0 radical (unpaired) electrons. The molecule has 4 aromatic rings. The Kier molecular flexibility index (Phi) is 7.03. The van der Waals surface area contributed by atoms with E-state index in [9.17, 15) is 0 Å². The number of benzene rings is 4. The van der Waals surface area contributed by atoms with E-state index >= 15 is 0 Å². The first-order valence-corrected chi connectivity index (χ1v) is 11.4. The number of hydrogen-bond donors (Lipinski definition) is 1. The lowest BCUT2D eigenvalue weighted by Crippen LogP contribution is -3.00. The van der Waals surface area contributed by atoms with Gasteiger partial charge in [-0.25, -0.2) is 0 Å². The first-order chi connectivity index (χ1) is 13.7. The molecule has 0 unspecified atom stereocenters. The van der Waals surface area contributed by atoms with Crippen molar-refractivity contribution in [2.45, 2.75) is 13.0 Å². The fourth-order valence-electron chi connectivity index (χ4n) is 3.85. The van der Waals surface area contributed by atoms with E-state index in [4.69, 9.17) is 5.73 Å². The van der Waals surface area contributed by atoms with E-state index < -0.39 is 7.26 Å². The summed E-state index contributed by atoms with van der Waals surface area (Å²) in [6.07, 6.45) is 0. The number of hydrogen-bond acceptors (Lipinski definition) is 1. The lowest BCUT2D eigenvalue weighted by atomic mass is 10.1. The lowest BCUT2D eigenvalue weighted by Gasteiger charge is -2.27. The van der Waals surface area contributed by atoms with E-state index in [0.29, 0.717) is 0 Å². The van der Waals surface area contributed by atoms with Crippen LogP contribution in [0.5, 0.6) is 0 Å². The Hall–Kier alpha value is -2.25. The van der Waals surface area contributed by atoms with Crippen molar-refractivity contribution >= 4 is 28.5 Å². The van der Waals surface area contributed by atoms with Crippen molar-refractivity contribution in [1.29, 1.82) is 0 Å². The van der Waals surface area contributed by atoms with Gasteiger partial charge in [0.05, 0.1) is 0 Å². The van der Waals surface area contributed by atoms with Crippen LogP contribution in [0.15, 0.2) is 115 Å². The van der Waals surface area contributed by atoms with Gasteiger partial charge >= 0.3 is 0 Å². The maximum Gasteiger partial charge on any atom is 0.144 e. The zero-order valence-corrected chi connectivity index (χ0v) is 18.9. The molecule has 0 bridgehead atoms. The van der Waals surface area contributed by atoms with Gasteiger partial charge in [0.25, 0.3) is 0 Å². The van der Waals surface area contributed by atoms with Crippen LogP contribution in [0.2, 0.25) is 0 Å². The molecular formula is C26H25BrNP. The molecule has 0 aromatic heterocycles. The SMILES string of the molecule is C[C@@H](N)c1ccc([P+](c2ccccc2)(c2ccccc2)c2ccccc2)cc1.[Br-]. The molecule has 1 nitrogen and oxygen atoms in total. The summed E-state index contributed by atoms with van der Waals surface area (Å²) in [5.41, 5.74) is 7.28. The standard InChI is InChI=1S/C26H25NP.BrH/c1-21(27)22-17-19-26(20-18-22)28(23-11-5-2-6-12-23,24-13-7-3-8-14-24)25-15-9-4-10-16-25;/h2-21H,27H2,1H3;1H/q+1;/p-1/t21-;/m1./s1. The number of nitrogens with two attached hydrogens (primary N) is 1. The van der Waals surface area contributed by atoms with Crippen LogP contribution in [-0.2, 0) is 0 Å². The zero-order chi connectivity index (χ0) is 19.4. The Morgan fingerprint density at radius 3 is 1.14 bits per heavy atom. The monoisotopic (exact) mass is 461 g/mol. The molecule has 0 aliphatic rings. The summed E-state index contributed by atoms with van der Waals surface area (Å²) in [6.45, 7) is 2.03. The molecule has 146 valence electrons. The Bertz CT molecular complexity index is 920. The topological polar surface area (TPSA) is 26.0 Å². The molecule has 0 aliphatic heterocycles. The minimum atomic E-state index is -2.00. The van der Waals surface area contributed by atoms with E-state index in [1.165, 1.54) is 21.2 Å². The Balaban J connectivity index is 0.00000240. The van der Waals surface area contributed by atoms with Crippen LogP contribution in [0.4, 0.5) is 0 Å². The number of halogens is 1. The van der Waals surface area contributed by atoms with Gasteiger partial charge in [0, 0.05) is 6.04 Å². The minimum absolute atomic E-state index is 0. The van der Waals surface area contributed by atoms with Crippen LogP contribution in [0.25, 0.3) is 0 Å². The van der Waals surface area contributed by atoms with Crippen LogP contribution >= 0.6 is 7.26 Å². The van der Waals surface area contributed by atoms with E-state index in [-0.39, 0.29) is 23.0 Å². The Labute approximate surface area is 184 Å². The van der Waals surface area contributed by atoms with Crippen molar-refractivity contribution in [1.82, 2.24) is 0 Å². The average Bonchev–Trinajstić information content (AvgIpc) is 2.77. The summed E-state index contributed by atoms with van der Waals surface area (Å²) in [5.74, 6) is 0. The van der Waals surface area contributed by atoms with Crippen molar-refractivity contribution in [2.75, 3.05) is 0 Å².